The molecule has 3 rings (SSSR count). The highest BCUT2D eigenvalue weighted by atomic mass is 32.2. The van der Waals surface area contributed by atoms with Crippen LogP contribution in [0.3, 0.4) is 0 Å². The summed E-state index contributed by atoms with van der Waals surface area (Å²) >= 11 is 1.54. The van der Waals surface area contributed by atoms with Crippen LogP contribution in [-0.4, -0.2) is 12.4 Å². The Labute approximate surface area is 134 Å². The standard InChI is InChI=1S/C17H15NO2S2/c1-14-7-9-17(10-8-14)22(19,20)18-12-11-16(13-18)21-15-5-3-2-4-6-15/h2-13H,1H3. The van der Waals surface area contributed by atoms with Crippen LogP contribution in [-0.2, 0) is 10.0 Å². The fraction of sp³-hybridized carbons (Fsp3) is 0.0588. The number of benzene rings is 2. The zero-order valence-corrected chi connectivity index (χ0v) is 13.6. The van der Waals surface area contributed by atoms with Crippen molar-refractivity contribution < 1.29 is 8.42 Å². The van der Waals surface area contributed by atoms with Crippen LogP contribution in [0.1, 0.15) is 5.56 Å². The van der Waals surface area contributed by atoms with E-state index in [-0.39, 0.29) is 0 Å². The van der Waals surface area contributed by atoms with Gasteiger partial charge in [-0.15, -0.1) is 0 Å². The predicted molar refractivity (Wildman–Crippen MR) is 88.8 cm³/mol. The number of nitrogens with zero attached hydrogens (tertiary/aromatic N) is 1. The Morgan fingerprint density at radius 1 is 0.864 bits per heavy atom. The molecule has 0 saturated carbocycles. The Balaban J connectivity index is 1.88. The van der Waals surface area contributed by atoms with Crippen molar-refractivity contribution in [2.24, 2.45) is 0 Å². The summed E-state index contributed by atoms with van der Waals surface area (Å²) in [6.45, 7) is 1.93. The maximum Gasteiger partial charge on any atom is 0.267 e. The summed E-state index contributed by atoms with van der Waals surface area (Å²) < 4.78 is 26.4. The van der Waals surface area contributed by atoms with Gasteiger partial charge in [-0.25, -0.2) is 12.4 Å². The number of aromatic nitrogens is 1. The number of aryl methyl sites for hydroxylation is 1. The monoisotopic (exact) mass is 329 g/mol. The molecule has 1 heterocycles. The van der Waals surface area contributed by atoms with Crippen LogP contribution in [0.2, 0.25) is 0 Å². The third-order valence-electron chi connectivity index (χ3n) is 3.22. The molecule has 5 heteroatoms. The van der Waals surface area contributed by atoms with E-state index < -0.39 is 10.0 Å². The summed E-state index contributed by atoms with van der Waals surface area (Å²) in [6.07, 6.45) is 3.23. The third-order valence-corrected chi connectivity index (χ3v) is 5.85. The quantitative estimate of drug-likeness (QED) is 0.720. The van der Waals surface area contributed by atoms with E-state index in [9.17, 15) is 8.42 Å². The minimum atomic E-state index is -3.52. The fourth-order valence-corrected chi connectivity index (χ4v) is 4.15. The minimum Gasteiger partial charge on any atom is -0.248 e. The first-order valence-corrected chi connectivity index (χ1v) is 9.04. The second-order valence-corrected chi connectivity index (χ2v) is 7.90. The van der Waals surface area contributed by atoms with Crippen molar-refractivity contribution in [3.05, 3.63) is 78.6 Å². The molecule has 0 aliphatic carbocycles. The predicted octanol–water partition coefficient (Wildman–Crippen LogP) is 4.18. The molecule has 0 radical (unpaired) electrons. The Morgan fingerprint density at radius 3 is 2.23 bits per heavy atom. The summed E-state index contributed by atoms with van der Waals surface area (Å²) in [4.78, 5) is 2.26. The van der Waals surface area contributed by atoms with Gasteiger partial charge in [0.25, 0.3) is 10.0 Å². The van der Waals surface area contributed by atoms with Gasteiger partial charge >= 0.3 is 0 Å². The van der Waals surface area contributed by atoms with Gasteiger partial charge < -0.3 is 0 Å². The molecule has 1 aromatic heterocycles. The fourth-order valence-electron chi connectivity index (χ4n) is 2.02. The number of rotatable bonds is 4. The molecule has 0 N–H and O–H groups in total. The normalized spacial score (nSPS) is 11.5. The summed E-state index contributed by atoms with van der Waals surface area (Å²) in [5.41, 5.74) is 1.03. The number of hydrogen-bond acceptors (Lipinski definition) is 3. The lowest BCUT2D eigenvalue weighted by Gasteiger charge is -2.05. The molecule has 22 heavy (non-hydrogen) atoms. The van der Waals surface area contributed by atoms with Crippen molar-refractivity contribution in [1.29, 1.82) is 0 Å². The van der Waals surface area contributed by atoms with E-state index in [0.717, 1.165) is 15.4 Å². The Morgan fingerprint density at radius 2 is 1.55 bits per heavy atom. The first-order valence-electron chi connectivity index (χ1n) is 6.79. The maximum absolute atomic E-state index is 12.6. The zero-order valence-electron chi connectivity index (χ0n) is 12.0. The summed E-state index contributed by atoms with van der Waals surface area (Å²) in [7, 11) is -3.52. The Kier molecular flexibility index (Phi) is 4.09. The van der Waals surface area contributed by atoms with E-state index in [1.807, 2.05) is 43.3 Å². The molecule has 0 aliphatic rings. The van der Waals surface area contributed by atoms with Gasteiger partial charge in [0.1, 0.15) is 0 Å². The van der Waals surface area contributed by atoms with Crippen LogP contribution in [0.15, 0.2) is 87.7 Å². The van der Waals surface area contributed by atoms with Crippen molar-refractivity contribution in [2.75, 3.05) is 0 Å². The molecule has 0 atom stereocenters. The molecule has 0 unspecified atom stereocenters. The van der Waals surface area contributed by atoms with Crippen molar-refractivity contribution in [2.45, 2.75) is 21.6 Å². The van der Waals surface area contributed by atoms with Crippen LogP contribution in [0.5, 0.6) is 0 Å². The largest absolute Gasteiger partial charge is 0.267 e. The average Bonchev–Trinajstić information content (AvgIpc) is 2.98. The van der Waals surface area contributed by atoms with Crippen molar-refractivity contribution in [3.8, 4) is 0 Å². The van der Waals surface area contributed by atoms with Gasteiger partial charge in [0.2, 0.25) is 0 Å². The highest BCUT2D eigenvalue weighted by Crippen LogP contribution is 2.28. The van der Waals surface area contributed by atoms with E-state index in [4.69, 9.17) is 0 Å². The zero-order chi connectivity index (χ0) is 15.6. The van der Waals surface area contributed by atoms with Crippen LogP contribution in [0, 0.1) is 6.92 Å². The third kappa shape index (κ3) is 3.10. The summed E-state index contributed by atoms with van der Waals surface area (Å²) in [6, 6.07) is 18.5. The van der Waals surface area contributed by atoms with Crippen LogP contribution in [0.25, 0.3) is 0 Å². The smallest absolute Gasteiger partial charge is 0.248 e. The van der Waals surface area contributed by atoms with Crippen LogP contribution < -0.4 is 0 Å². The lowest BCUT2D eigenvalue weighted by molar-refractivity contribution is 0.587. The summed E-state index contributed by atoms with van der Waals surface area (Å²) in [5.74, 6) is 0. The van der Waals surface area contributed by atoms with E-state index in [1.165, 1.54) is 15.7 Å². The van der Waals surface area contributed by atoms with E-state index in [2.05, 4.69) is 0 Å². The van der Waals surface area contributed by atoms with Crippen LogP contribution >= 0.6 is 11.8 Å². The van der Waals surface area contributed by atoms with Gasteiger partial charge in [-0.2, -0.15) is 0 Å². The molecule has 3 nitrogen and oxygen atoms in total. The first kappa shape index (κ1) is 14.9. The molecular weight excluding hydrogens is 314 g/mol. The SMILES string of the molecule is Cc1ccc(S(=O)(=O)n2ccc(Sc3ccccc3)c2)cc1. The second-order valence-electron chi connectivity index (χ2n) is 4.91. The molecule has 0 amide bonds. The maximum atomic E-state index is 12.6. The molecule has 0 aliphatic heterocycles. The van der Waals surface area contributed by atoms with E-state index in [0.29, 0.717) is 4.90 Å². The van der Waals surface area contributed by atoms with E-state index in [1.54, 1.807) is 36.7 Å². The molecule has 0 spiro atoms. The van der Waals surface area contributed by atoms with Crippen molar-refractivity contribution >= 4 is 21.8 Å². The molecular formula is C17H15NO2S2. The second kappa shape index (κ2) is 6.02. The van der Waals surface area contributed by atoms with Crippen molar-refractivity contribution in [1.82, 2.24) is 3.97 Å². The van der Waals surface area contributed by atoms with Gasteiger partial charge in [0.15, 0.2) is 0 Å². The minimum absolute atomic E-state index is 0.296. The van der Waals surface area contributed by atoms with Gasteiger partial charge in [-0.1, -0.05) is 47.7 Å². The molecule has 3 aromatic rings. The Bertz CT molecular complexity index is 867. The first-order chi connectivity index (χ1) is 10.6. The van der Waals surface area contributed by atoms with Gasteiger partial charge in [-0.3, -0.25) is 0 Å². The average molecular weight is 329 g/mol. The molecule has 0 fully saturated rings. The highest BCUT2D eigenvalue weighted by Gasteiger charge is 2.16. The van der Waals surface area contributed by atoms with Gasteiger partial charge in [0, 0.05) is 22.2 Å². The molecule has 2 aromatic carbocycles. The topological polar surface area (TPSA) is 39.1 Å². The molecule has 112 valence electrons. The lowest BCUT2D eigenvalue weighted by atomic mass is 10.2. The number of hydrogen-bond donors (Lipinski definition) is 0. The molecule has 0 bridgehead atoms. The van der Waals surface area contributed by atoms with Gasteiger partial charge in [0.05, 0.1) is 4.90 Å². The lowest BCUT2D eigenvalue weighted by Crippen LogP contribution is -2.10. The van der Waals surface area contributed by atoms with E-state index >= 15 is 0 Å². The Hall–Kier alpha value is -1.98. The summed E-state index contributed by atoms with van der Waals surface area (Å²) in [5, 5.41) is 0. The van der Waals surface area contributed by atoms with Crippen molar-refractivity contribution in [3.63, 3.8) is 0 Å². The van der Waals surface area contributed by atoms with Crippen LogP contribution in [0.4, 0.5) is 0 Å². The highest BCUT2D eigenvalue weighted by molar-refractivity contribution is 7.99. The van der Waals surface area contributed by atoms with Gasteiger partial charge in [-0.05, 0) is 37.3 Å². The molecule has 0 saturated heterocycles.